The smallest absolute Gasteiger partial charge is 0.271 e. The maximum absolute atomic E-state index is 12.3. The number of carbonyl (C=O) groups excluding carboxylic acids is 2. The van der Waals surface area contributed by atoms with Crippen LogP contribution in [0, 0.1) is 0 Å². The second kappa shape index (κ2) is 9.26. The third kappa shape index (κ3) is 5.25. The van der Waals surface area contributed by atoms with E-state index >= 15 is 0 Å². The summed E-state index contributed by atoms with van der Waals surface area (Å²) in [4.78, 5) is 24.4. The molecule has 0 aliphatic carbocycles. The van der Waals surface area contributed by atoms with Crippen molar-refractivity contribution in [1.82, 2.24) is 10.9 Å². The zero-order chi connectivity index (χ0) is 19.9. The van der Waals surface area contributed by atoms with Gasteiger partial charge in [-0.2, -0.15) is 0 Å². The van der Waals surface area contributed by atoms with E-state index in [1.54, 1.807) is 54.6 Å². The molecule has 0 aliphatic heterocycles. The highest BCUT2D eigenvalue weighted by molar-refractivity contribution is 6.33. The number of ether oxygens (including phenoxy) is 1. The van der Waals surface area contributed by atoms with Gasteiger partial charge in [0, 0.05) is 10.6 Å². The van der Waals surface area contributed by atoms with Crippen LogP contribution in [0.3, 0.4) is 0 Å². The summed E-state index contributed by atoms with van der Waals surface area (Å²) >= 11 is 11.9. The van der Waals surface area contributed by atoms with Crippen LogP contribution in [-0.4, -0.2) is 11.8 Å². The molecule has 0 saturated heterocycles. The molecular formula is C21H16Cl2N2O3. The van der Waals surface area contributed by atoms with Gasteiger partial charge in [0.1, 0.15) is 12.4 Å². The van der Waals surface area contributed by atoms with Crippen molar-refractivity contribution in [2.45, 2.75) is 6.61 Å². The van der Waals surface area contributed by atoms with E-state index in [4.69, 9.17) is 27.9 Å². The van der Waals surface area contributed by atoms with Gasteiger partial charge in [-0.05, 0) is 48.0 Å². The van der Waals surface area contributed by atoms with Crippen molar-refractivity contribution in [1.29, 1.82) is 0 Å². The Hall–Kier alpha value is -3.02. The number of hydrogen-bond acceptors (Lipinski definition) is 3. The van der Waals surface area contributed by atoms with Crippen molar-refractivity contribution in [3.63, 3.8) is 0 Å². The van der Waals surface area contributed by atoms with Gasteiger partial charge in [0.05, 0.1) is 10.6 Å². The van der Waals surface area contributed by atoms with Gasteiger partial charge in [0.15, 0.2) is 0 Å². The van der Waals surface area contributed by atoms with Gasteiger partial charge in [-0.3, -0.25) is 20.4 Å². The highest BCUT2D eigenvalue weighted by Gasteiger charge is 2.12. The van der Waals surface area contributed by atoms with E-state index in [2.05, 4.69) is 10.9 Å². The predicted molar refractivity (Wildman–Crippen MR) is 109 cm³/mol. The fourth-order valence-electron chi connectivity index (χ4n) is 2.42. The Morgan fingerprint density at radius 2 is 1.57 bits per heavy atom. The van der Waals surface area contributed by atoms with E-state index in [1.165, 1.54) is 0 Å². The van der Waals surface area contributed by atoms with E-state index in [9.17, 15) is 9.59 Å². The van der Waals surface area contributed by atoms with Crippen molar-refractivity contribution in [3.8, 4) is 5.75 Å². The summed E-state index contributed by atoms with van der Waals surface area (Å²) in [5, 5.41) is 0.925. The first-order chi connectivity index (χ1) is 13.5. The largest absolute Gasteiger partial charge is 0.489 e. The number of rotatable bonds is 5. The lowest BCUT2D eigenvalue weighted by Crippen LogP contribution is -2.41. The minimum atomic E-state index is -0.507. The van der Waals surface area contributed by atoms with Crippen LogP contribution < -0.4 is 15.6 Å². The highest BCUT2D eigenvalue weighted by atomic mass is 35.5. The second-order valence-corrected chi connectivity index (χ2v) is 6.68. The normalized spacial score (nSPS) is 10.2. The van der Waals surface area contributed by atoms with Crippen LogP contribution in [0.25, 0.3) is 0 Å². The fourth-order valence-corrected chi connectivity index (χ4v) is 2.85. The van der Waals surface area contributed by atoms with Crippen molar-refractivity contribution < 1.29 is 14.3 Å². The Bertz CT molecular complexity index is 1010. The van der Waals surface area contributed by atoms with Crippen LogP contribution in [0.1, 0.15) is 26.3 Å². The van der Waals surface area contributed by atoms with Crippen LogP contribution in [0.2, 0.25) is 10.0 Å². The maximum Gasteiger partial charge on any atom is 0.271 e. The molecule has 7 heteroatoms. The molecule has 2 amide bonds. The van der Waals surface area contributed by atoms with E-state index in [0.29, 0.717) is 28.0 Å². The summed E-state index contributed by atoms with van der Waals surface area (Å²) in [6, 6.07) is 20.5. The molecule has 0 aliphatic rings. The predicted octanol–water partition coefficient (Wildman–Crippen LogP) is 4.65. The summed E-state index contributed by atoms with van der Waals surface area (Å²) in [7, 11) is 0. The molecule has 2 N–H and O–H groups in total. The second-order valence-electron chi connectivity index (χ2n) is 5.83. The molecular weight excluding hydrogens is 399 g/mol. The van der Waals surface area contributed by atoms with Crippen molar-refractivity contribution >= 4 is 35.0 Å². The summed E-state index contributed by atoms with van der Waals surface area (Å²) in [5.41, 5.74) is 6.22. The first kappa shape index (κ1) is 19.7. The monoisotopic (exact) mass is 414 g/mol. The van der Waals surface area contributed by atoms with Gasteiger partial charge < -0.3 is 4.74 Å². The van der Waals surface area contributed by atoms with Gasteiger partial charge in [0.25, 0.3) is 11.8 Å². The fraction of sp³-hybridized carbons (Fsp3) is 0.0476. The molecule has 0 radical (unpaired) electrons. The number of halogens is 2. The minimum Gasteiger partial charge on any atom is -0.489 e. The van der Waals surface area contributed by atoms with Gasteiger partial charge in [0.2, 0.25) is 0 Å². The Morgan fingerprint density at radius 1 is 0.821 bits per heavy atom. The molecule has 3 aromatic rings. The molecule has 28 heavy (non-hydrogen) atoms. The van der Waals surface area contributed by atoms with Gasteiger partial charge in [-0.25, -0.2) is 0 Å². The molecule has 3 aromatic carbocycles. The molecule has 0 spiro atoms. The topological polar surface area (TPSA) is 67.4 Å². The molecule has 0 fully saturated rings. The van der Waals surface area contributed by atoms with Crippen LogP contribution in [0.15, 0.2) is 72.8 Å². The Balaban J connectivity index is 1.59. The van der Waals surface area contributed by atoms with Crippen LogP contribution in [-0.2, 0) is 6.61 Å². The van der Waals surface area contributed by atoms with E-state index < -0.39 is 11.8 Å². The molecule has 0 bridgehead atoms. The first-order valence-corrected chi connectivity index (χ1v) is 9.11. The van der Waals surface area contributed by atoms with Crippen molar-refractivity contribution in [2.75, 3.05) is 0 Å². The number of carbonyl (C=O) groups is 2. The number of nitrogens with one attached hydrogen (secondary N) is 2. The highest BCUT2D eigenvalue weighted by Crippen LogP contribution is 2.17. The van der Waals surface area contributed by atoms with E-state index in [0.717, 1.165) is 5.56 Å². The van der Waals surface area contributed by atoms with Gasteiger partial charge >= 0.3 is 0 Å². The summed E-state index contributed by atoms with van der Waals surface area (Å²) in [6.07, 6.45) is 0. The Morgan fingerprint density at radius 3 is 2.36 bits per heavy atom. The molecule has 3 rings (SSSR count). The Kier molecular flexibility index (Phi) is 6.53. The third-order valence-corrected chi connectivity index (χ3v) is 4.36. The van der Waals surface area contributed by atoms with Crippen molar-refractivity contribution in [3.05, 3.63) is 99.5 Å². The lowest BCUT2D eigenvalue weighted by atomic mass is 10.2. The van der Waals surface area contributed by atoms with E-state index in [-0.39, 0.29) is 5.56 Å². The van der Waals surface area contributed by atoms with Crippen LogP contribution >= 0.6 is 23.2 Å². The molecule has 0 unspecified atom stereocenters. The average Bonchev–Trinajstić information content (AvgIpc) is 2.71. The van der Waals surface area contributed by atoms with Crippen LogP contribution in [0.5, 0.6) is 5.75 Å². The first-order valence-electron chi connectivity index (χ1n) is 8.35. The zero-order valence-corrected chi connectivity index (χ0v) is 16.1. The zero-order valence-electron chi connectivity index (χ0n) is 14.6. The van der Waals surface area contributed by atoms with E-state index in [1.807, 2.05) is 18.2 Å². The SMILES string of the molecule is O=C(NNC(=O)c1ccccc1Cl)c1cccc(OCc2cccc(Cl)c2)c1. The quantitative estimate of drug-likeness (QED) is 0.597. The maximum atomic E-state index is 12.3. The summed E-state index contributed by atoms with van der Waals surface area (Å²) in [5.74, 6) is -0.467. The minimum absolute atomic E-state index is 0.267. The van der Waals surface area contributed by atoms with Gasteiger partial charge in [-0.15, -0.1) is 0 Å². The number of hydrogen-bond donors (Lipinski definition) is 2. The number of benzene rings is 3. The lowest BCUT2D eigenvalue weighted by molar-refractivity contribution is 0.0846. The molecule has 5 nitrogen and oxygen atoms in total. The molecule has 0 atom stereocenters. The molecule has 0 aromatic heterocycles. The number of amides is 2. The summed E-state index contributed by atoms with van der Waals surface area (Å²) < 4.78 is 5.71. The molecule has 0 saturated carbocycles. The van der Waals surface area contributed by atoms with Gasteiger partial charge in [-0.1, -0.05) is 53.5 Å². The standard InChI is InChI=1S/C21H16Cl2N2O3/c22-16-7-3-5-14(11-16)13-28-17-8-4-6-15(12-17)20(26)24-25-21(27)18-9-1-2-10-19(18)23/h1-12H,13H2,(H,24,26)(H,25,27). The number of hydrazine groups is 1. The van der Waals surface area contributed by atoms with Crippen LogP contribution in [0.4, 0.5) is 0 Å². The lowest BCUT2D eigenvalue weighted by Gasteiger charge is -2.10. The third-order valence-electron chi connectivity index (χ3n) is 3.80. The Labute approximate surface area is 172 Å². The molecule has 142 valence electrons. The average molecular weight is 415 g/mol. The summed E-state index contributed by atoms with van der Waals surface area (Å²) in [6.45, 7) is 0.314. The molecule has 0 heterocycles. The van der Waals surface area contributed by atoms with Crippen molar-refractivity contribution in [2.24, 2.45) is 0 Å².